The van der Waals surface area contributed by atoms with E-state index in [1.165, 1.54) is 0 Å². The Kier molecular flexibility index (Phi) is 6.36. The summed E-state index contributed by atoms with van der Waals surface area (Å²) in [6.07, 6.45) is 1.23. The molecule has 106 valence electrons. The molecule has 0 bridgehead atoms. The highest BCUT2D eigenvalue weighted by molar-refractivity contribution is 5.80. The molecular formula is C15H24N2O2. The van der Waals surface area contributed by atoms with Gasteiger partial charge in [0, 0.05) is 18.2 Å². The molecule has 4 nitrogen and oxygen atoms in total. The second-order valence-corrected chi connectivity index (χ2v) is 4.60. The Morgan fingerprint density at radius 1 is 1.37 bits per heavy atom. The first-order valence-electron chi connectivity index (χ1n) is 6.89. The highest BCUT2D eigenvalue weighted by Gasteiger charge is 2.17. The van der Waals surface area contributed by atoms with Crippen LogP contribution in [-0.4, -0.2) is 18.6 Å². The minimum Gasteiger partial charge on any atom is -0.481 e. The molecule has 0 aliphatic carbocycles. The van der Waals surface area contributed by atoms with Crippen LogP contribution in [0.1, 0.15) is 45.2 Å². The van der Waals surface area contributed by atoms with E-state index in [0.29, 0.717) is 12.3 Å². The van der Waals surface area contributed by atoms with Crippen molar-refractivity contribution < 1.29 is 9.53 Å². The molecule has 0 aromatic heterocycles. The van der Waals surface area contributed by atoms with Gasteiger partial charge in [-0.25, -0.2) is 0 Å². The highest BCUT2D eigenvalue weighted by atomic mass is 16.5. The fourth-order valence-corrected chi connectivity index (χ4v) is 1.75. The third-order valence-corrected chi connectivity index (χ3v) is 2.98. The van der Waals surface area contributed by atoms with Crippen LogP contribution in [0.3, 0.4) is 0 Å². The minimum atomic E-state index is -0.517. The maximum atomic E-state index is 11.8. The van der Waals surface area contributed by atoms with Crippen molar-refractivity contribution in [1.82, 2.24) is 5.32 Å². The maximum Gasteiger partial charge on any atom is 0.260 e. The van der Waals surface area contributed by atoms with Crippen molar-refractivity contribution in [3.8, 4) is 5.75 Å². The number of rotatable bonds is 7. The van der Waals surface area contributed by atoms with Gasteiger partial charge in [-0.2, -0.15) is 0 Å². The number of hydrogen-bond donors (Lipinski definition) is 2. The normalized spacial score (nSPS) is 13.7. The molecule has 0 spiro atoms. The van der Waals surface area contributed by atoms with E-state index >= 15 is 0 Å². The number of ether oxygens (including phenoxy) is 1. The van der Waals surface area contributed by atoms with E-state index in [4.69, 9.17) is 10.5 Å². The Balaban J connectivity index is 2.73. The molecule has 2 atom stereocenters. The van der Waals surface area contributed by atoms with Gasteiger partial charge in [0.2, 0.25) is 0 Å². The van der Waals surface area contributed by atoms with Gasteiger partial charge in [-0.05, 0) is 25.8 Å². The van der Waals surface area contributed by atoms with Gasteiger partial charge < -0.3 is 15.8 Å². The molecule has 1 aromatic rings. The van der Waals surface area contributed by atoms with Gasteiger partial charge in [0.1, 0.15) is 5.75 Å². The zero-order valence-corrected chi connectivity index (χ0v) is 12.0. The lowest BCUT2D eigenvalue weighted by molar-refractivity contribution is -0.127. The average Bonchev–Trinajstić information content (AvgIpc) is 2.44. The van der Waals surface area contributed by atoms with Crippen molar-refractivity contribution in [2.45, 2.75) is 45.8 Å². The standard InChI is InChI=1S/C15H24N2O2/c1-4-10-17-15(18)11(3)19-14-9-7-6-8-12(14)13(16)5-2/h6-9,11,13H,4-5,10,16H2,1-3H3,(H,17,18)/t11?,13-/m1/s1. The van der Waals surface area contributed by atoms with Gasteiger partial charge in [0.05, 0.1) is 0 Å². The van der Waals surface area contributed by atoms with Crippen LogP contribution in [0.15, 0.2) is 24.3 Å². The Morgan fingerprint density at radius 3 is 2.68 bits per heavy atom. The summed E-state index contributed by atoms with van der Waals surface area (Å²) in [5, 5.41) is 2.82. The van der Waals surface area contributed by atoms with Crippen molar-refractivity contribution in [2.24, 2.45) is 5.73 Å². The molecule has 0 heterocycles. The molecule has 1 aromatic carbocycles. The van der Waals surface area contributed by atoms with Crippen LogP contribution < -0.4 is 15.8 Å². The number of nitrogens with two attached hydrogens (primary N) is 1. The van der Waals surface area contributed by atoms with Crippen LogP contribution >= 0.6 is 0 Å². The van der Waals surface area contributed by atoms with Crippen molar-refractivity contribution in [1.29, 1.82) is 0 Å². The zero-order valence-electron chi connectivity index (χ0n) is 12.0. The molecule has 0 saturated carbocycles. The van der Waals surface area contributed by atoms with E-state index < -0.39 is 6.10 Å². The largest absolute Gasteiger partial charge is 0.481 e. The minimum absolute atomic E-state index is 0.0675. The fourth-order valence-electron chi connectivity index (χ4n) is 1.75. The molecule has 0 aliphatic rings. The third kappa shape index (κ3) is 4.56. The third-order valence-electron chi connectivity index (χ3n) is 2.98. The van der Waals surface area contributed by atoms with Crippen LogP contribution in [0.5, 0.6) is 5.75 Å². The van der Waals surface area contributed by atoms with Crippen molar-refractivity contribution >= 4 is 5.91 Å². The van der Waals surface area contributed by atoms with Gasteiger partial charge in [-0.3, -0.25) is 4.79 Å². The molecule has 1 unspecified atom stereocenters. The molecule has 1 rings (SSSR count). The number of nitrogens with one attached hydrogen (secondary N) is 1. The van der Waals surface area contributed by atoms with Crippen molar-refractivity contribution in [3.05, 3.63) is 29.8 Å². The number of hydrogen-bond acceptors (Lipinski definition) is 3. The Morgan fingerprint density at radius 2 is 2.05 bits per heavy atom. The molecule has 0 saturated heterocycles. The summed E-state index contributed by atoms with van der Waals surface area (Å²) in [6, 6.07) is 7.55. The maximum absolute atomic E-state index is 11.8. The first-order valence-corrected chi connectivity index (χ1v) is 6.89. The number of carbonyl (C=O) groups is 1. The molecular weight excluding hydrogens is 240 g/mol. The van der Waals surface area contributed by atoms with E-state index in [9.17, 15) is 4.79 Å². The Labute approximate surface area is 115 Å². The summed E-state index contributed by atoms with van der Waals surface area (Å²) in [7, 11) is 0. The van der Waals surface area contributed by atoms with Gasteiger partial charge in [-0.1, -0.05) is 32.0 Å². The SMILES string of the molecule is CCCNC(=O)C(C)Oc1ccccc1[C@H](N)CC. The average molecular weight is 264 g/mol. The summed E-state index contributed by atoms with van der Waals surface area (Å²) in [5.74, 6) is 0.595. The molecule has 0 fully saturated rings. The highest BCUT2D eigenvalue weighted by Crippen LogP contribution is 2.26. The first-order chi connectivity index (χ1) is 9.10. The van der Waals surface area contributed by atoms with Gasteiger partial charge >= 0.3 is 0 Å². The fraction of sp³-hybridized carbons (Fsp3) is 0.533. The molecule has 1 amide bonds. The van der Waals surface area contributed by atoms with E-state index in [-0.39, 0.29) is 11.9 Å². The van der Waals surface area contributed by atoms with Gasteiger partial charge in [0.15, 0.2) is 6.10 Å². The Bertz CT molecular complexity index is 407. The first kappa shape index (κ1) is 15.5. The van der Waals surface area contributed by atoms with Crippen LogP contribution in [0.2, 0.25) is 0 Å². The van der Waals surface area contributed by atoms with Crippen LogP contribution in [-0.2, 0) is 4.79 Å². The molecule has 0 aliphatic heterocycles. The molecule has 4 heteroatoms. The summed E-state index contributed by atoms with van der Waals surface area (Å²) in [5.41, 5.74) is 6.99. The predicted octanol–water partition coefficient (Wildman–Crippen LogP) is 2.39. The van der Waals surface area contributed by atoms with E-state index in [1.807, 2.05) is 38.1 Å². The quantitative estimate of drug-likeness (QED) is 0.794. The second kappa shape index (κ2) is 7.79. The van der Waals surface area contributed by atoms with E-state index in [0.717, 1.165) is 18.4 Å². The van der Waals surface area contributed by atoms with Crippen molar-refractivity contribution in [3.63, 3.8) is 0 Å². The van der Waals surface area contributed by atoms with Crippen LogP contribution in [0, 0.1) is 0 Å². The summed E-state index contributed by atoms with van der Waals surface area (Å²) < 4.78 is 5.74. The summed E-state index contributed by atoms with van der Waals surface area (Å²) in [4.78, 5) is 11.8. The number of para-hydroxylation sites is 1. The predicted molar refractivity (Wildman–Crippen MR) is 77.1 cm³/mol. The summed E-state index contributed by atoms with van der Waals surface area (Å²) in [6.45, 7) is 6.46. The number of carbonyl (C=O) groups excluding carboxylic acids is 1. The smallest absolute Gasteiger partial charge is 0.260 e. The molecule has 3 N–H and O–H groups in total. The van der Waals surface area contributed by atoms with Crippen LogP contribution in [0.4, 0.5) is 0 Å². The molecule has 0 radical (unpaired) electrons. The van der Waals surface area contributed by atoms with Gasteiger partial charge in [0.25, 0.3) is 5.91 Å². The van der Waals surface area contributed by atoms with E-state index in [1.54, 1.807) is 6.92 Å². The molecule has 19 heavy (non-hydrogen) atoms. The van der Waals surface area contributed by atoms with Crippen molar-refractivity contribution in [2.75, 3.05) is 6.54 Å². The number of benzene rings is 1. The van der Waals surface area contributed by atoms with Crippen LogP contribution in [0.25, 0.3) is 0 Å². The second-order valence-electron chi connectivity index (χ2n) is 4.60. The monoisotopic (exact) mass is 264 g/mol. The summed E-state index contributed by atoms with van der Waals surface area (Å²) >= 11 is 0. The lowest BCUT2D eigenvalue weighted by atomic mass is 10.0. The van der Waals surface area contributed by atoms with E-state index in [2.05, 4.69) is 5.32 Å². The Hall–Kier alpha value is -1.55. The lowest BCUT2D eigenvalue weighted by Crippen LogP contribution is -2.36. The zero-order chi connectivity index (χ0) is 14.3. The van der Waals surface area contributed by atoms with Gasteiger partial charge in [-0.15, -0.1) is 0 Å². The topological polar surface area (TPSA) is 64.3 Å². The lowest BCUT2D eigenvalue weighted by Gasteiger charge is -2.19. The number of amides is 1.